The van der Waals surface area contributed by atoms with Crippen molar-refractivity contribution in [2.24, 2.45) is 5.41 Å². The topological polar surface area (TPSA) is 84.9 Å². The minimum absolute atomic E-state index is 0.0374. The van der Waals surface area contributed by atoms with Gasteiger partial charge in [-0.3, -0.25) is 4.79 Å². The van der Waals surface area contributed by atoms with Crippen LogP contribution in [-0.4, -0.2) is 37.3 Å². The molecule has 0 aliphatic rings. The minimum Gasteiger partial charge on any atom is -0.493 e. The van der Waals surface area contributed by atoms with E-state index < -0.39 is 11.9 Å². The zero-order valence-electron chi connectivity index (χ0n) is 19.1. The molecule has 1 amide bonds. The maximum Gasteiger partial charge on any atom is 0.336 e. The van der Waals surface area contributed by atoms with Gasteiger partial charge >= 0.3 is 5.97 Å². The lowest BCUT2D eigenvalue weighted by molar-refractivity contribution is 0.0644. The normalized spacial score (nSPS) is 11.1. The molecule has 0 unspecified atom stereocenters. The Morgan fingerprint density at radius 1 is 0.879 bits per heavy atom. The Labute approximate surface area is 194 Å². The first-order valence-corrected chi connectivity index (χ1v) is 10.7. The fraction of sp³-hybridized carbons (Fsp3) is 0.259. The molecule has 3 rings (SSSR count). The number of carbonyl (C=O) groups is 2. The summed E-state index contributed by atoms with van der Waals surface area (Å²) in [4.78, 5) is 24.6. The van der Waals surface area contributed by atoms with Crippen LogP contribution >= 0.6 is 0 Å². The van der Waals surface area contributed by atoms with Crippen LogP contribution in [0.1, 0.15) is 45.7 Å². The molecule has 172 valence electrons. The van der Waals surface area contributed by atoms with Crippen LogP contribution < -0.4 is 10.1 Å². The SMILES string of the molecule is COCC(C)(C)COc1ccc(NC(=O)c2cc(Cc3ccccc3)ccc2C(=O)O)cc1. The zero-order valence-corrected chi connectivity index (χ0v) is 19.1. The number of anilines is 1. The molecule has 6 heteroatoms. The molecule has 0 atom stereocenters. The van der Waals surface area contributed by atoms with Crippen LogP contribution in [0.5, 0.6) is 5.75 Å². The molecule has 0 heterocycles. The van der Waals surface area contributed by atoms with Crippen molar-refractivity contribution in [3.05, 3.63) is 95.1 Å². The van der Waals surface area contributed by atoms with Crippen LogP contribution in [0.2, 0.25) is 0 Å². The van der Waals surface area contributed by atoms with Gasteiger partial charge in [-0.05, 0) is 53.9 Å². The predicted molar refractivity (Wildman–Crippen MR) is 128 cm³/mol. The number of methoxy groups -OCH3 is 1. The van der Waals surface area contributed by atoms with Crippen molar-refractivity contribution in [3.8, 4) is 5.75 Å². The van der Waals surface area contributed by atoms with Gasteiger partial charge in [-0.25, -0.2) is 4.79 Å². The molecule has 33 heavy (non-hydrogen) atoms. The third-order valence-electron chi connectivity index (χ3n) is 5.09. The first kappa shape index (κ1) is 24.0. The summed E-state index contributed by atoms with van der Waals surface area (Å²) in [6.07, 6.45) is 0.604. The molecule has 0 aromatic heterocycles. The van der Waals surface area contributed by atoms with E-state index in [1.807, 2.05) is 30.3 Å². The Balaban J connectivity index is 1.72. The van der Waals surface area contributed by atoms with Crippen LogP contribution in [0.3, 0.4) is 0 Å². The highest BCUT2D eigenvalue weighted by Crippen LogP contribution is 2.22. The number of hydrogen-bond acceptors (Lipinski definition) is 4. The summed E-state index contributed by atoms with van der Waals surface area (Å²) in [5.41, 5.74) is 2.45. The van der Waals surface area contributed by atoms with Gasteiger partial charge in [-0.1, -0.05) is 50.2 Å². The number of nitrogens with one attached hydrogen (secondary N) is 1. The monoisotopic (exact) mass is 447 g/mol. The van der Waals surface area contributed by atoms with Crippen molar-refractivity contribution in [2.75, 3.05) is 25.6 Å². The van der Waals surface area contributed by atoms with Gasteiger partial charge in [-0.15, -0.1) is 0 Å². The van der Waals surface area contributed by atoms with Crippen LogP contribution in [0.25, 0.3) is 0 Å². The maximum atomic E-state index is 12.9. The van der Waals surface area contributed by atoms with Crippen LogP contribution in [0, 0.1) is 5.41 Å². The molecule has 3 aromatic carbocycles. The van der Waals surface area contributed by atoms with Crippen molar-refractivity contribution in [1.29, 1.82) is 0 Å². The second-order valence-corrected chi connectivity index (χ2v) is 8.71. The average molecular weight is 448 g/mol. The molecular weight excluding hydrogens is 418 g/mol. The number of hydrogen-bond donors (Lipinski definition) is 2. The van der Waals surface area contributed by atoms with Gasteiger partial charge in [0.25, 0.3) is 5.91 Å². The zero-order chi connectivity index (χ0) is 23.8. The lowest BCUT2D eigenvalue weighted by Gasteiger charge is -2.23. The lowest BCUT2D eigenvalue weighted by Crippen LogP contribution is -2.26. The molecular formula is C27H29NO5. The van der Waals surface area contributed by atoms with Crippen molar-refractivity contribution in [1.82, 2.24) is 0 Å². The van der Waals surface area contributed by atoms with Crippen LogP contribution in [0.4, 0.5) is 5.69 Å². The molecule has 0 saturated carbocycles. The van der Waals surface area contributed by atoms with Crippen LogP contribution in [-0.2, 0) is 11.2 Å². The van der Waals surface area contributed by atoms with Crippen molar-refractivity contribution >= 4 is 17.6 Å². The third-order valence-corrected chi connectivity index (χ3v) is 5.09. The quantitative estimate of drug-likeness (QED) is 0.442. The fourth-order valence-electron chi connectivity index (χ4n) is 3.45. The summed E-state index contributed by atoms with van der Waals surface area (Å²) in [6.45, 7) is 5.17. The fourth-order valence-corrected chi connectivity index (χ4v) is 3.45. The van der Waals surface area contributed by atoms with Gasteiger partial charge in [0, 0.05) is 18.2 Å². The van der Waals surface area contributed by atoms with Gasteiger partial charge < -0.3 is 19.9 Å². The molecule has 0 bridgehead atoms. The predicted octanol–water partition coefficient (Wildman–Crippen LogP) is 5.28. The molecule has 6 nitrogen and oxygen atoms in total. The minimum atomic E-state index is -1.14. The van der Waals surface area contributed by atoms with Crippen LogP contribution in [0.15, 0.2) is 72.8 Å². The number of ether oxygens (including phenoxy) is 2. The molecule has 0 aliphatic carbocycles. The third kappa shape index (κ3) is 6.92. The van der Waals surface area contributed by atoms with E-state index in [2.05, 4.69) is 19.2 Å². The summed E-state index contributed by atoms with van der Waals surface area (Å²) in [6, 6.07) is 21.7. The van der Waals surface area contributed by atoms with E-state index in [-0.39, 0.29) is 16.5 Å². The van der Waals surface area contributed by atoms with Crippen molar-refractivity contribution in [3.63, 3.8) is 0 Å². The molecule has 0 radical (unpaired) electrons. The maximum absolute atomic E-state index is 12.9. The van der Waals surface area contributed by atoms with E-state index in [0.29, 0.717) is 31.1 Å². The number of benzene rings is 3. The summed E-state index contributed by atoms with van der Waals surface area (Å²) in [5.74, 6) is -0.945. The average Bonchev–Trinajstić information content (AvgIpc) is 2.79. The summed E-state index contributed by atoms with van der Waals surface area (Å²) in [7, 11) is 1.66. The van der Waals surface area contributed by atoms with Gasteiger partial charge in [0.05, 0.1) is 24.3 Å². The molecule has 0 spiro atoms. The number of carbonyl (C=O) groups excluding carboxylic acids is 1. The Kier molecular flexibility index (Phi) is 7.85. The Morgan fingerprint density at radius 3 is 2.21 bits per heavy atom. The Hall–Kier alpha value is -3.64. The number of amides is 1. The van der Waals surface area contributed by atoms with Gasteiger partial charge in [0.2, 0.25) is 0 Å². The number of aromatic carboxylic acids is 1. The lowest BCUT2D eigenvalue weighted by atomic mass is 9.96. The van der Waals surface area contributed by atoms with E-state index >= 15 is 0 Å². The first-order chi connectivity index (χ1) is 15.8. The Morgan fingerprint density at radius 2 is 1.58 bits per heavy atom. The summed E-state index contributed by atoms with van der Waals surface area (Å²) in [5, 5.41) is 12.3. The number of carboxylic acid groups (broad SMARTS) is 1. The second-order valence-electron chi connectivity index (χ2n) is 8.71. The van der Waals surface area contributed by atoms with Gasteiger partial charge in [-0.2, -0.15) is 0 Å². The molecule has 0 fully saturated rings. The summed E-state index contributed by atoms with van der Waals surface area (Å²) >= 11 is 0. The standard InChI is InChI=1S/C27H29NO5/c1-27(2,17-32-3)18-33-22-12-10-21(11-13-22)28-25(29)24-16-20(9-14-23(24)26(30)31)15-19-7-5-4-6-8-19/h4-14,16H,15,17-18H2,1-3H3,(H,28,29)(H,30,31). The highest BCUT2D eigenvalue weighted by molar-refractivity contribution is 6.10. The Bertz CT molecular complexity index is 1090. The van der Waals surface area contributed by atoms with E-state index in [9.17, 15) is 14.7 Å². The van der Waals surface area contributed by atoms with E-state index in [1.54, 1.807) is 43.5 Å². The molecule has 3 aromatic rings. The molecule has 0 saturated heterocycles. The van der Waals surface area contributed by atoms with E-state index in [4.69, 9.17) is 9.47 Å². The highest BCUT2D eigenvalue weighted by atomic mass is 16.5. The van der Waals surface area contributed by atoms with E-state index in [1.165, 1.54) is 6.07 Å². The molecule has 0 aliphatic heterocycles. The smallest absolute Gasteiger partial charge is 0.336 e. The second kappa shape index (κ2) is 10.8. The van der Waals surface area contributed by atoms with Gasteiger partial charge in [0.1, 0.15) is 5.75 Å². The van der Waals surface area contributed by atoms with Gasteiger partial charge in [0.15, 0.2) is 0 Å². The summed E-state index contributed by atoms with van der Waals surface area (Å²) < 4.78 is 11.0. The van der Waals surface area contributed by atoms with E-state index in [0.717, 1.165) is 11.1 Å². The number of rotatable bonds is 10. The first-order valence-electron chi connectivity index (χ1n) is 10.7. The largest absolute Gasteiger partial charge is 0.493 e. The number of carboxylic acids is 1. The molecule has 2 N–H and O–H groups in total. The van der Waals surface area contributed by atoms with Crippen molar-refractivity contribution in [2.45, 2.75) is 20.3 Å². The highest BCUT2D eigenvalue weighted by Gasteiger charge is 2.19. The van der Waals surface area contributed by atoms with Crippen molar-refractivity contribution < 1.29 is 24.2 Å².